The molecule has 1 fully saturated rings. The van der Waals surface area contributed by atoms with Gasteiger partial charge in [0.25, 0.3) is 0 Å². The van der Waals surface area contributed by atoms with Crippen LogP contribution in [0.1, 0.15) is 11.1 Å². The molecule has 2 aromatic carbocycles. The molecule has 0 aliphatic carbocycles. The number of hydrogen-bond acceptors (Lipinski definition) is 4. The van der Waals surface area contributed by atoms with Gasteiger partial charge >= 0.3 is 6.18 Å². The third kappa shape index (κ3) is 5.75. The molecule has 2 aromatic rings. The molecule has 0 bridgehead atoms. The number of halogens is 4. The van der Waals surface area contributed by atoms with Crippen LogP contribution in [0.4, 0.5) is 28.9 Å². The van der Waals surface area contributed by atoms with Crippen molar-refractivity contribution in [3.05, 3.63) is 59.4 Å². The Bertz CT molecular complexity index is 968. The van der Waals surface area contributed by atoms with Crippen molar-refractivity contribution in [1.82, 2.24) is 4.90 Å². The van der Waals surface area contributed by atoms with E-state index in [1.54, 1.807) is 6.07 Å². The van der Waals surface area contributed by atoms with E-state index < -0.39 is 23.5 Å². The lowest BCUT2D eigenvalue weighted by molar-refractivity contribution is -0.136. The molecule has 1 saturated heterocycles. The maximum Gasteiger partial charge on any atom is 0.418 e. The Morgan fingerprint density at radius 1 is 1.10 bits per heavy atom. The zero-order valence-corrected chi connectivity index (χ0v) is 17.2. The van der Waals surface area contributed by atoms with Crippen LogP contribution in [-0.2, 0) is 11.0 Å². The Morgan fingerprint density at radius 3 is 2.42 bits per heavy atom. The molecule has 0 saturated carbocycles. The molecule has 1 amide bonds. The number of ether oxygens (including phenoxy) is 1. The fourth-order valence-electron chi connectivity index (χ4n) is 3.27. The topological polar surface area (TPSA) is 44.8 Å². The highest BCUT2D eigenvalue weighted by molar-refractivity contribution is 6.02. The van der Waals surface area contributed by atoms with E-state index in [1.807, 2.05) is 11.9 Å². The van der Waals surface area contributed by atoms with Crippen LogP contribution in [0, 0.1) is 5.82 Å². The van der Waals surface area contributed by atoms with E-state index in [1.165, 1.54) is 31.4 Å². The van der Waals surface area contributed by atoms with E-state index in [0.717, 1.165) is 31.3 Å². The van der Waals surface area contributed by atoms with Crippen molar-refractivity contribution in [2.45, 2.75) is 6.18 Å². The van der Waals surface area contributed by atoms with Crippen molar-refractivity contribution in [3.63, 3.8) is 0 Å². The molecular weight excluding hydrogens is 414 g/mol. The lowest BCUT2D eigenvalue weighted by atomic mass is 10.1. The number of anilines is 2. The normalized spacial score (nSPS) is 15.4. The first-order valence-electron chi connectivity index (χ1n) is 9.64. The van der Waals surface area contributed by atoms with Crippen LogP contribution in [0.15, 0.2) is 42.5 Å². The van der Waals surface area contributed by atoms with Gasteiger partial charge in [0, 0.05) is 37.9 Å². The SMILES string of the molecule is COc1ccc(/C=C/C(=O)Nc2ccc(N3CCN(C)CC3)cc2C(F)(F)F)cc1F. The third-order valence-corrected chi connectivity index (χ3v) is 5.04. The van der Waals surface area contributed by atoms with Gasteiger partial charge in [0.1, 0.15) is 0 Å². The molecule has 0 spiro atoms. The molecular formula is C22H23F4N3O2. The maximum atomic E-state index is 13.7. The Labute approximate surface area is 177 Å². The minimum Gasteiger partial charge on any atom is -0.494 e. The zero-order valence-electron chi connectivity index (χ0n) is 17.2. The Morgan fingerprint density at radius 2 is 1.81 bits per heavy atom. The predicted molar refractivity (Wildman–Crippen MR) is 112 cm³/mol. The van der Waals surface area contributed by atoms with Crippen LogP contribution in [0.25, 0.3) is 6.08 Å². The van der Waals surface area contributed by atoms with Gasteiger partial charge in [-0.05, 0) is 49.0 Å². The second kappa shape index (κ2) is 9.38. The standard InChI is InChI=1S/C22H23F4N3O2/c1-28-9-11-29(12-10-28)16-5-6-19(17(14-16)22(24,25)26)27-21(30)8-4-15-3-7-20(31-2)18(23)13-15/h3-8,13-14H,9-12H2,1-2H3,(H,27,30)/b8-4+. The van der Waals surface area contributed by atoms with E-state index >= 15 is 0 Å². The van der Waals surface area contributed by atoms with E-state index in [9.17, 15) is 22.4 Å². The number of nitrogens with one attached hydrogen (secondary N) is 1. The quantitative estimate of drug-likeness (QED) is 0.561. The highest BCUT2D eigenvalue weighted by Gasteiger charge is 2.34. The van der Waals surface area contributed by atoms with Crippen molar-refractivity contribution >= 4 is 23.4 Å². The van der Waals surface area contributed by atoms with Crippen LogP contribution in [0.3, 0.4) is 0 Å². The molecule has 9 heteroatoms. The fraction of sp³-hybridized carbons (Fsp3) is 0.318. The first-order chi connectivity index (χ1) is 14.7. The van der Waals surface area contributed by atoms with Gasteiger partial charge in [-0.1, -0.05) is 6.07 Å². The van der Waals surface area contributed by atoms with Gasteiger partial charge in [-0.25, -0.2) is 4.39 Å². The van der Waals surface area contributed by atoms with Gasteiger partial charge < -0.3 is 19.9 Å². The largest absolute Gasteiger partial charge is 0.494 e. The average molecular weight is 437 g/mol. The monoisotopic (exact) mass is 437 g/mol. The Hall–Kier alpha value is -3.07. The second-order valence-electron chi connectivity index (χ2n) is 7.23. The molecule has 0 aromatic heterocycles. The summed E-state index contributed by atoms with van der Waals surface area (Å²) in [6.07, 6.45) is -2.27. The number of piperazine rings is 1. The summed E-state index contributed by atoms with van der Waals surface area (Å²) in [4.78, 5) is 16.2. The molecule has 31 heavy (non-hydrogen) atoms. The third-order valence-electron chi connectivity index (χ3n) is 5.04. The molecule has 5 nitrogen and oxygen atoms in total. The van der Waals surface area contributed by atoms with Crippen molar-refractivity contribution in [2.75, 3.05) is 50.6 Å². The first kappa shape index (κ1) is 22.6. The van der Waals surface area contributed by atoms with Crippen molar-refractivity contribution in [3.8, 4) is 5.75 Å². The summed E-state index contributed by atoms with van der Waals surface area (Å²) in [5.74, 6) is -1.31. The summed E-state index contributed by atoms with van der Waals surface area (Å²) in [6, 6.07) is 7.97. The number of alkyl halides is 3. The average Bonchev–Trinajstić information content (AvgIpc) is 2.72. The number of nitrogens with zero attached hydrogens (tertiary/aromatic N) is 2. The molecule has 166 valence electrons. The van der Waals surface area contributed by atoms with Crippen LogP contribution < -0.4 is 15.0 Å². The van der Waals surface area contributed by atoms with Gasteiger partial charge in [0.2, 0.25) is 5.91 Å². The van der Waals surface area contributed by atoms with Crippen molar-refractivity contribution < 1.29 is 27.1 Å². The zero-order chi connectivity index (χ0) is 22.6. The number of carbonyl (C=O) groups excluding carboxylic acids is 1. The molecule has 1 aliphatic rings. The lowest BCUT2D eigenvalue weighted by Crippen LogP contribution is -2.44. The summed E-state index contributed by atoms with van der Waals surface area (Å²) in [5, 5.41) is 2.27. The number of carbonyl (C=O) groups is 1. The lowest BCUT2D eigenvalue weighted by Gasteiger charge is -2.34. The summed E-state index contributed by atoms with van der Waals surface area (Å²) in [5.41, 5.74) is -0.417. The second-order valence-corrected chi connectivity index (χ2v) is 7.23. The highest BCUT2D eigenvalue weighted by Crippen LogP contribution is 2.37. The smallest absolute Gasteiger partial charge is 0.418 e. The molecule has 1 heterocycles. The number of hydrogen-bond donors (Lipinski definition) is 1. The first-order valence-corrected chi connectivity index (χ1v) is 9.64. The van der Waals surface area contributed by atoms with Crippen LogP contribution in [0.2, 0.25) is 0 Å². The Balaban J connectivity index is 1.76. The van der Waals surface area contributed by atoms with Gasteiger partial charge in [0.05, 0.1) is 18.4 Å². The summed E-state index contributed by atoms with van der Waals surface area (Å²) in [6.45, 7) is 2.77. The van der Waals surface area contributed by atoms with E-state index in [0.29, 0.717) is 24.3 Å². The number of rotatable bonds is 5. The van der Waals surface area contributed by atoms with Gasteiger partial charge in [0.15, 0.2) is 11.6 Å². The van der Waals surface area contributed by atoms with E-state index in [-0.39, 0.29) is 11.4 Å². The van der Waals surface area contributed by atoms with Gasteiger partial charge in [-0.2, -0.15) is 13.2 Å². The molecule has 0 radical (unpaired) electrons. The fourth-order valence-corrected chi connectivity index (χ4v) is 3.27. The highest BCUT2D eigenvalue weighted by atomic mass is 19.4. The number of likely N-dealkylation sites (N-methyl/N-ethyl adjacent to an activating group) is 1. The van der Waals surface area contributed by atoms with Gasteiger partial charge in [-0.3, -0.25) is 4.79 Å². The minimum atomic E-state index is -4.63. The maximum absolute atomic E-state index is 13.7. The van der Waals surface area contributed by atoms with Gasteiger partial charge in [-0.15, -0.1) is 0 Å². The molecule has 0 unspecified atom stereocenters. The molecule has 0 atom stereocenters. The van der Waals surface area contributed by atoms with Crippen LogP contribution >= 0.6 is 0 Å². The van der Waals surface area contributed by atoms with E-state index in [2.05, 4.69) is 10.2 Å². The Kier molecular flexibility index (Phi) is 6.84. The molecule has 3 rings (SSSR count). The van der Waals surface area contributed by atoms with E-state index in [4.69, 9.17) is 4.74 Å². The summed E-state index contributed by atoms with van der Waals surface area (Å²) < 4.78 is 59.4. The van der Waals surface area contributed by atoms with Crippen LogP contribution in [0.5, 0.6) is 5.75 Å². The summed E-state index contributed by atoms with van der Waals surface area (Å²) >= 11 is 0. The number of benzene rings is 2. The molecule has 1 N–H and O–H groups in total. The van der Waals surface area contributed by atoms with Crippen LogP contribution in [-0.4, -0.2) is 51.1 Å². The van der Waals surface area contributed by atoms with Crippen molar-refractivity contribution in [2.24, 2.45) is 0 Å². The molecule has 1 aliphatic heterocycles. The number of amides is 1. The predicted octanol–water partition coefficient (Wildman–Crippen LogP) is 4.26. The van der Waals surface area contributed by atoms with Crippen molar-refractivity contribution in [1.29, 1.82) is 0 Å². The minimum absolute atomic E-state index is 0.0526. The summed E-state index contributed by atoms with van der Waals surface area (Å²) in [7, 11) is 3.29. The number of methoxy groups -OCH3 is 1.